The van der Waals surface area contributed by atoms with Crippen LogP contribution >= 0.6 is 0 Å². The lowest BCUT2D eigenvalue weighted by Crippen LogP contribution is -2.28. The van der Waals surface area contributed by atoms with Crippen molar-refractivity contribution >= 4 is 10.0 Å². The molecular formula is C10H14FNO2S. The molecular weight excluding hydrogens is 217 g/mol. The zero-order valence-corrected chi connectivity index (χ0v) is 9.51. The summed E-state index contributed by atoms with van der Waals surface area (Å²) in [5.74, 6) is -0.345. The lowest BCUT2D eigenvalue weighted by molar-refractivity contribution is 0.566. The normalized spacial score (nSPS) is 13.8. The molecule has 0 radical (unpaired) electrons. The largest absolute Gasteiger partial charge is 0.212 e. The summed E-state index contributed by atoms with van der Waals surface area (Å²) in [5, 5.41) is 0. The van der Waals surface area contributed by atoms with Crippen LogP contribution in [0.25, 0.3) is 0 Å². The van der Waals surface area contributed by atoms with E-state index in [0.29, 0.717) is 5.56 Å². The number of hydrogen-bond acceptors (Lipinski definition) is 2. The number of halogens is 1. The van der Waals surface area contributed by atoms with Crippen LogP contribution in [0.5, 0.6) is 0 Å². The average molecular weight is 231 g/mol. The van der Waals surface area contributed by atoms with E-state index in [2.05, 4.69) is 4.72 Å². The third-order valence-corrected chi connectivity index (χ3v) is 3.56. The second kappa shape index (κ2) is 4.72. The van der Waals surface area contributed by atoms with Crippen molar-refractivity contribution in [1.29, 1.82) is 0 Å². The summed E-state index contributed by atoms with van der Waals surface area (Å²) in [6, 6.07) is 5.48. The number of nitrogens with one attached hydrogen (secondary N) is 1. The molecule has 1 N–H and O–H groups in total. The molecule has 0 saturated heterocycles. The fourth-order valence-electron chi connectivity index (χ4n) is 1.20. The summed E-state index contributed by atoms with van der Waals surface area (Å²) in [7, 11) is -3.25. The molecule has 1 rings (SSSR count). The second-order valence-corrected chi connectivity index (χ2v) is 5.34. The molecule has 0 aliphatic carbocycles. The summed E-state index contributed by atoms with van der Waals surface area (Å²) < 4.78 is 37.8. The molecule has 1 aromatic rings. The van der Waals surface area contributed by atoms with Crippen LogP contribution in [0.2, 0.25) is 0 Å². The first-order chi connectivity index (χ1) is 6.94. The zero-order valence-electron chi connectivity index (χ0n) is 8.70. The Labute approximate surface area is 89.4 Å². The van der Waals surface area contributed by atoms with Crippen LogP contribution in [0.4, 0.5) is 4.39 Å². The fraction of sp³-hybridized carbons (Fsp3) is 0.400. The number of hydrogen-bond donors (Lipinski definition) is 1. The summed E-state index contributed by atoms with van der Waals surface area (Å²) in [5.41, 5.74) is 0.618. The monoisotopic (exact) mass is 231 g/mol. The predicted octanol–water partition coefficient (Wildman–Crippen LogP) is 1.83. The molecule has 15 heavy (non-hydrogen) atoms. The standard InChI is InChI=1S/C10H14FNO2S/c1-3-15(13,14)12-8(2)9-5-4-6-10(11)7-9/h4-8,12H,3H2,1-2H3/t8-/m1/s1. The molecule has 0 unspecified atom stereocenters. The fourth-order valence-corrected chi connectivity index (χ4v) is 2.04. The molecule has 0 saturated carbocycles. The smallest absolute Gasteiger partial charge is 0.211 e. The van der Waals surface area contributed by atoms with Gasteiger partial charge in [-0.3, -0.25) is 0 Å². The predicted molar refractivity (Wildman–Crippen MR) is 57.4 cm³/mol. The van der Waals surface area contributed by atoms with Gasteiger partial charge in [0.15, 0.2) is 0 Å². The van der Waals surface area contributed by atoms with E-state index in [1.165, 1.54) is 12.1 Å². The summed E-state index contributed by atoms with van der Waals surface area (Å²) >= 11 is 0. The van der Waals surface area contributed by atoms with Crippen molar-refractivity contribution in [2.75, 3.05) is 5.75 Å². The molecule has 0 fully saturated rings. The third-order valence-electron chi connectivity index (χ3n) is 2.09. The Balaban J connectivity index is 2.82. The van der Waals surface area contributed by atoms with Crippen LogP contribution < -0.4 is 4.72 Å². The minimum absolute atomic E-state index is 0.0205. The molecule has 1 atom stereocenters. The Bertz CT molecular complexity index is 431. The highest BCUT2D eigenvalue weighted by Crippen LogP contribution is 2.14. The maximum absolute atomic E-state index is 12.9. The first kappa shape index (κ1) is 12.1. The topological polar surface area (TPSA) is 46.2 Å². The molecule has 0 bridgehead atoms. The lowest BCUT2D eigenvalue weighted by atomic mass is 10.1. The Kier molecular flexibility index (Phi) is 3.82. The van der Waals surface area contributed by atoms with Gasteiger partial charge in [0.25, 0.3) is 0 Å². The summed E-state index contributed by atoms with van der Waals surface area (Å²) in [6.45, 7) is 3.24. The zero-order chi connectivity index (χ0) is 11.5. The minimum atomic E-state index is -3.25. The first-order valence-electron chi connectivity index (χ1n) is 4.70. The average Bonchev–Trinajstić information content (AvgIpc) is 2.17. The van der Waals surface area contributed by atoms with E-state index in [0.717, 1.165) is 0 Å². The van der Waals surface area contributed by atoms with Crippen LogP contribution in [0.1, 0.15) is 25.5 Å². The molecule has 0 aliphatic rings. The van der Waals surface area contributed by atoms with Crippen molar-refractivity contribution < 1.29 is 12.8 Å². The molecule has 0 amide bonds. The van der Waals surface area contributed by atoms with Gasteiger partial charge in [0, 0.05) is 6.04 Å². The van der Waals surface area contributed by atoms with Crippen molar-refractivity contribution in [3.05, 3.63) is 35.6 Å². The number of benzene rings is 1. The van der Waals surface area contributed by atoms with Crippen LogP contribution in [-0.4, -0.2) is 14.2 Å². The van der Waals surface area contributed by atoms with Crippen molar-refractivity contribution in [1.82, 2.24) is 4.72 Å². The first-order valence-corrected chi connectivity index (χ1v) is 6.35. The van der Waals surface area contributed by atoms with Gasteiger partial charge in [-0.1, -0.05) is 12.1 Å². The molecule has 0 spiro atoms. The summed E-state index contributed by atoms with van der Waals surface area (Å²) in [6.07, 6.45) is 0. The van der Waals surface area contributed by atoms with E-state index in [4.69, 9.17) is 0 Å². The lowest BCUT2D eigenvalue weighted by Gasteiger charge is -2.13. The van der Waals surface area contributed by atoms with Crippen LogP contribution in [0, 0.1) is 5.82 Å². The molecule has 3 nitrogen and oxygen atoms in total. The quantitative estimate of drug-likeness (QED) is 0.859. The molecule has 0 aliphatic heterocycles. The van der Waals surface area contributed by atoms with Crippen molar-refractivity contribution in [3.8, 4) is 0 Å². The van der Waals surface area contributed by atoms with Crippen LogP contribution in [-0.2, 0) is 10.0 Å². The van der Waals surface area contributed by atoms with Gasteiger partial charge in [-0.15, -0.1) is 0 Å². The Morgan fingerprint density at radius 2 is 2.13 bits per heavy atom. The highest BCUT2D eigenvalue weighted by Gasteiger charge is 2.13. The van der Waals surface area contributed by atoms with Gasteiger partial charge < -0.3 is 0 Å². The Morgan fingerprint density at radius 1 is 1.47 bits per heavy atom. The molecule has 5 heteroatoms. The Hall–Kier alpha value is -0.940. The molecule has 84 valence electrons. The molecule has 0 heterocycles. The van der Waals surface area contributed by atoms with Crippen molar-refractivity contribution in [2.45, 2.75) is 19.9 Å². The number of sulfonamides is 1. The SMILES string of the molecule is CCS(=O)(=O)N[C@H](C)c1cccc(F)c1. The van der Waals surface area contributed by atoms with Gasteiger partial charge in [-0.2, -0.15) is 0 Å². The maximum atomic E-state index is 12.9. The van der Waals surface area contributed by atoms with Crippen LogP contribution in [0.3, 0.4) is 0 Å². The highest BCUT2D eigenvalue weighted by atomic mass is 32.2. The van der Waals surface area contributed by atoms with Gasteiger partial charge in [0.2, 0.25) is 10.0 Å². The van der Waals surface area contributed by atoms with E-state index in [1.54, 1.807) is 26.0 Å². The number of rotatable bonds is 4. The third kappa shape index (κ3) is 3.60. The van der Waals surface area contributed by atoms with E-state index < -0.39 is 16.1 Å². The van der Waals surface area contributed by atoms with Gasteiger partial charge in [0.1, 0.15) is 5.82 Å². The van der Waals surface area contributed by atoms with Gasteiger partial charge in [-0.25, -0.2) is 17.5 Å². The van der Waals surface area contributed by atoms with Gasteiger partial charge in [0.05, 0.1) is 5.75 Å². The van der Waals surface area contributed by atoms with Gasteiger partial charge >= 0.3 is 0 Å². The summed E-state index contributed by atoms with van der Waals surface area (Å²) in [4.78, 5) is 0. The Morgan fingerprint density at radius 3 is 2.67 bits per heavy atom. The van der Waals surface area contributed by atoms with Crippen molar-refractivity contribution in [3.63, 3.8) is 0 Å². The van der Waals surface area contributed by atoms with Crippen LogP contribution in [0.15, 0.2) is 24.3 Å². The molecule has 1 aromatic carbocycles. The van der Waals surface area contributed by atoms with Gasteiger partial charge in [-0.05, 0) is 31.5 Å². The van der Waals surface area contributed by atoms with E-state index in [9.17, 15) is 12.8 Å². The van der Waals surface area contributed by atoms with E-state index in [-0.39, 0.29) is 11.6 Å². The van der Waals surface area contributed by atoms with Crippen molar-refractivity contribution in [2.24, 2.45) is 0 Å². The second-order valence-electron chi connectivity index (χ2n) is 3.30. The highest BCUT2D eigenvalue weighted by molar-refractivity contribution is 7.89. The van der Waals surface area contributed by atoms with E-state index in [1.807, 2.05) is 0 Å². The molecule has 0 aromatic heterocycles. The van der Waals surface area contributed by atoms with E-state index >= 15 is 0 Å². The maximum Gasteiger partial charge on any atom is 0.211 e. The minimum Gasteiger partial charge on any atom is -0.212 e.